The van der Waals surface area contributed by atoms with Crippen LogP contribution in [0.2, 0.25) is 0 Å². The molecule has 0 aliphatic carbocycles. The lowest BCUT2D eigenvalue weighted by Crippen LogP contribution is -2.40. The lowest BCUT2D eigenvalue weighted by molar-refractivity contribution is -0.128. The van der Waals surface area contributed by atoms with Crippen LogP contribution in [0.25, 0.3) is 0 Å². The van der Waals surface area contributed by atoms with Crippen molar-refractivity contribution in [2.45, 2.75) is 71.6 Å². The zero-order valence-electron chi connectivity index (χ0n) is 17.0. The van der Waals surface area contributed by atoms with Gasteiger partial charge in [-0.05, 0) is 55.0 Å². The Kier molecular flexibility index (Phi) is 10.9. The highest BCUT2D eigenvalue weighted by atomic mass is 16.5. The van der Waals surface area contributed by atoms with E-state index in [1.807, 2.05) is 48.6 Å². The maximum Gasteiger partial charge on any atom is 0.239 e. The molecule has 0 aliphatic rings. The fourth-order valence-electron chi connectivity index (χ4n) is 2.18. The summed E-state index contributed by atoms with van der Waals surface area (Å²) in [5.41, 5.74) is -0.591. The quantitative estimate of drug-likeness (QED) is 0.460. The molecular weight excluding hydrogens is 322 g/mol. The molecule has 0 aromatic carbocycles. The van der Waals surface area contributed by atoms with Gasteiger partial charge in [0.2, 0.25) is 11.8 Å². The normalized spacial score (nSPS) is 12.3. The van der Waals surface area contributed by atoms with Crippen molar-refractivity contribution in [1.29, 1.82) is 0 Å². The molecule has 0 radical (unpaired) electrons. The summed E-state index contributed by atoms with van der Waals surface area (Å²) >= 11 is 0. The predicted octanol–water partition coefficient (Wildman–Crippen LogP) is 1.22. The largest absolute Gasteiger partial charge is 0.375 e. The van der Waals surface area contributed by atoms with Crippen LogP contribution in [0, 0.1) is 0 Å². The molecule has 0 atom stereocenters. The first-order valence-electron chi connectivity index (χ1n) is 8.96. The first-order chi connectivity index (χ1) is 11.5. The Balaban J connectivity index is 3.93. The van der Waals surface area contributed by atoms with Crippen molar-refractivity contribution in [2.75, 3.05) is 33.4 Å². The topological polar surface area (TPSA) is 88.7 Å². The molecule has 0 aromatic rings. The molecule has 0 aromatic heterocycles. The lowest BCUT2D eigenvalue weighted by Gasteiger charge is -2.29. The van der Waals surface area contributed by atoms with E-state index in [0.29, 0.717) is 13.2 Å². The second-order valence-corrected chi connectivity index (χ2v) is 7.75. The van der Waals surface area contributed by atoms with Crippen molar-refractivity contribution in [3.05, 3.63) is 0 Å². The van der Waals surface area contributed by atoms with Gasteiger partial charge in [0.1, 0.15) is 0 Å². The van der Waals surface area contributed by atoms with Gasteiger partial charge in [-0.15, -0.1) is 0 Å². The van der Waals surface area contributed by atoms with E-state index in [-0.39, 0.29) is 42.0 Å². The first kappa shape index (κ1) is 23.8. The monoisotopic (exact) mass is 359 g/mol. The maximum absolute atomic E-state index is 11.7. The molecule has 0 unspecified atom stereocenters. The Morgan fingerprint density at radius 1 is 0.960 bits per heavy atom. The molecule has 7 nitrogen and oxygen atoms in total. The van der Waals surface area contributed by atoms with E-state index in [4.69, 9.17) is 9.47 Å². The van der Waals surface area contributed by atoms with Crippen molar-refractivity contribution < 1.29 is 19.1 Å². The van der Waals surface area contributed by atoms with Crippen molar-refractivity contribution in [2.24, 2.45) is 0 Å². The summed E-state index contributed by atoms with van der Waals surface area (Å²) in [6.45, 7) is 13.5. The van der Waals surface area contributed by atoms with Gasteiger partial charge in [0, 0.05) is 19.0 Å². The van der Waals surface area contributed by atoms with Crippen LogP contribution in [-0.4, -0.2) is 62.4 Å². The molecule has 3 N–H and O–H groups in total. The number of rotatable bonds is 13. The molecule has 0 heterocycles. The average molecular weight is 360 g/mol. The summed E-state index contributed by atoms with van der Waals surface area (Å²) in [5.74, 6) is -0.382. The van der Waals surface area contributed by atoms with Crippen molar-refractivity contribution in [1.82, 2.24) is 16.0 Å². The van der Waals surface area contributed by atoms with Crippen LogP contribution in [0.5, 0.6) is 0 Å². The van der Waals surface area contributed by atoms with Gasteiger partial charge in [0.25, 0.3) is 0 Å². The number of nitrogens with one attached hydrogen (secondary N) is 3. The zero-order valence-corrected chi connectivity index (χ0v) is 17.0. The number of hydrogen-bond acceptors (Lipinski definition) is 5. The lowest BCUT2D eigenvalue weighted by atomic mass is 10.1. The van der Waals surface area contributed by atoms with Crippen LogP contribution in [0.4, 0.5) is 0 Å². The van der Waals surface area contributed by atoms with Gasteiger partial charge in [-0.1, -0.05) is 0 Å². The highest BCUT2D eigenvalue weighted by Crippen LogP contribution is 2.17. The molecule has 0 saturated heterocycles. The minimum atomic E-state index is -0.370. The summed E-state index contributed by atoms with van der Waals surface area (Å²) in [5, 5.41) is 8.41. The smallest absolute Gasteiger partial charge is 0.239 e. The second kappa shape index (κ2) is 11.4. The summed E-state index contributed by atoms with van der Waals surface area (Å²) in [7, 11) is 1.90. The third kappa shape index (κ3) is 13.8. The molecule has 0 aliphatic heterocycles. The van der Waals surface area contributed by atoms with Gasteiger partial charge in [-0.25, -0.2) is 0 Å². The van der Waals surface area contributed by atoms with E-state index in [0.717, 1.165) is 13.0 Å². The van der Waals surface area contributed by atoms with Crippen LogP contribution in [0.15, 0.2) is 0 Å². The molecule has 0 spiro atoms. The van der Waals surface area contributed by atoms with Crippen molar-refractivity contribution >= 4 is 11.8 Å². The van der Waals surface area contributed by atoms with Crippen molar-refractivity contribution in [3.63, 3.8) is 0 Å². The maximum atomic E-state index is 11.7. The fraction of sp³-hybridized carbons (Fsp3) is 0.889. The van der Waals surface area contributed by atoms with E-state index in [1.54, 1.807) is 0 Å². The molecule has 7 heteroatoms. The van der Waals surface area contributed by atoms with E-state index in [9.17, 15) is 9.59 Å². The number of likely N-dealkylation sites (N-methyl/N-ethyl adjacent to an activating group) is 1. The van der Waals surface area contributed by atoms with Crippen LogP contribution in [0.3, 0.4) is 0 Å². The Bertz CT molecular complexity index is 409. The SMILES string of the molecule is CNCC(C)(C)OCCC(C)(C)OCCC(=O)NCC(=O)NC(C)C. The van der Waals surface area contributed by atoms with Crippen LogP contribution >= 0.6 is 0 Å². The molecule has 2 amide bonds. The second-order valence-electron chi connectivity index (χ2n) is 7.75. The van der Waals surface area contributed by atoms with E-state index < -0.39 is 0 Å². The molecule has 0 saturated carbocycles. The molecule has 148 valence electrons. The number of hydrogen-bond donors (Lipinski definition) is 3. The van der Waals surface area contributed by atoms with Crippen LogP contribution in [-0.2, 0) is 19.1 Å². The highest BCUT2D eigenvalue weighted by molar-refractivity contribution is 5.84. The first-order valence-corrected chi connectivity index (χ1v) is 8.96. The third-order valence-corrected chi connectivity index (χ3v) is 3.52. The van der Waals surface area contributed by atoms with Crippen molar-refractivity contribution in [3.8, 4) is 0 Å². The van der Waals surface area contributed by atoms with Gasteiger partial charge in [-0.2, -0.15) is 0 Å². The molecule has 0 fully saturated rings. The Labute approximate surface area is 152 Å². The highest BCUT2D eigenvalue weighted by Gasteiger charge is 2.22. The minimum Gasteiger partial charge on any atom is -0.375 e. The molecule has 25 heavy (non-hydrogen) atoms. The Morgan fingerprint density at radius 3 is 2.12 bits per heavy atom. The van der Waals surface area contributed by atoms with E-state index >= 15 is 0 Å². The van der Waals surface area contributed by atoms with E-state index in [2.05, 4.69) is 16.0 Å². The average Bonchev–Trinajstić information content (AvgIpc) is 2.43. The Hall–Kier alpha value is -1.18. The number of carbonyl (C=O) groups is 2. The van der Waals surface area contributed by atoms with Gasteiger partial charge >= 0.3 is 0 Å². The standard InChI is InChI=1S/C18H37N3O4/c1-14(2)21-16(23)12-20-15(22)8-10-24-17(3,4)9-11-25-18(5,6)13-19-7/h14,19H,8-13H2,1-7H3,(H,20,22)(H,21,23). The third-order valence-electron chi connectivity index (χ3n) is 3.52. The van der Waals surface area contributed by atoms with Gasteiger partial charge in [-0.3, -0.25) is 9.59 Å². The Morgan fingerprint density at radius 2 is 1.56 bits per heavy atom. The van der Waals surface area contributed by atoms with E-state index in [1.165, 1.54) is 0 Å². The number of ether oxygens (including phenoxy) is 2. The van der Waals surface area contributed by atoms with Crippen LogP contribution in [0.1, 0.15) is 54.4 Å². The minimum absolute atomic E-state index is 0.00517. The summed E-state index contributed by atoms with van der Waals surface area (Å²) in [4.78, 5) is 23.2. The summed E-state index contributed by atoms with van der Waals surface area (Å²) in [6, 6.07) is 0.0637. The van der Waals surface area contributed by atoms with Gasteiger partial charge < -0.3 is 25.4 Å². The van der Waals surface area contributed by atoms with Gasteiger partial charge in [0.05, 0.1) is 31.0 Å². The number of carbonyl (C=O) groups excluding carboxylic acids is 2. The summed E-state index contributed by atoms with van der Waals surface area (Å²) < 4.78 is 11.7. The molecular formula is C18H37N3O4. The number of amides is 2. The molecule has 0 bridgehead atoms. The van der Waals surface area contributed by atoms with Gasteiger partial charge in [0.15, 0.2) is 0 Å². The fourth-order valence-corrected chi connectivity index (χ4v) is 2.18. The predicted molar refractivity (Wildman–Crippen MR) is 99.5 cm³/mol. The molecule has 0 rings (SSSR count). The zero-order chi connectivity index (χ0) is 19.5. The van der Waals surface area contributed by atoms with Crippen LogP contribution < -0.4 is 16.0 Å². The summed E-state index contributed by atoms with van der Waals surface area (Å²) in [6.07, 6.45) is 0.961.